The Bertz CT molecular complexity index is 28.3. The van der Waals surface area contributed by atoms with Gasteiger partial charge in [-0.05, 0) is 19.3 Å². The summed E-state index contributed by atoms with van der Waals surface area (Å²) >= 11 is 0. The minimum Gasteiger partial charge on any atom is -0.381 e. The monoisotopic (exact) mass is 113 g/mol. The van der Waals surface area contributed by atoms with Gasteiger partial charge in [0.25, 0.3) is 0 Å². The first-order chi connectivity index (χ1) is 4.00. The first-order valence-corrected chi connectivity index (χ1v) is 3.39. The molecular formula is C7H13O. The van der Waals surface area contributed by atoms with Crippen LogP contribution in [0.5, 0.6) is 0 Å². The Kier molecular flexibility index (Phi) is 2.97. The molecule has 0 saturated carbocycles. The second-order valence-electron chi connectivity index (χ2n) is 2.19. The average molecular weight is 113 g/mol. The summed E-state index contributed by atoms with van der Waals surface area (Å²) in [6.45, 7) is 1.92. The van der Waals surface area contributed by atoms with E-state index < -0.39 is 0 Å². The lowest BCUT2D eigenvalue weighted by Crippen LogP contribution is -2.00. The highest BCUT2D eigenvalue weighted by Crippen LogP contribution is 2.05. The first-order valence-electron chi connectivity index (χ1n) is 3.39. The summed E-state index contributed by atoms with van der Waals surface area (Å²) in [7, 11) is 0. The minimum absolute atomic E-state index is 0.944. The molecule has 0 aromatic heterocycles. The third kappa shape index (κ3) is 2.31. The quantitative estimate of drug-likeness (QED) is 0.465. The van der Waals surface area contributed by atoms with Crippen molar-refractivity contribution in [3.05, 3.63) is 6.42 Å². The van der Waals surface area contributed by atoms with Gasteiger partial charge in [-0.1, -0.05) is 12.8 Å². The van der Waals surface area contributed by atoms with Crippen LogP contribution in [0.3, 0.4) is 0 Å². The molecule has 0 bridgehead atoms. The predicted molar refractivity (Wildman–Crippen MR) is 33.6 cm³/mol. The van der Waals surface area contributed by atoms with Gasteiger partial charge >= 0.3 is 0 Å². The van der Waals surface area contributed by atoms with Gasteiger partial charge < -0.3 is 4.74 Å². The van der Waals surface area contributed by atoms with E-state index in [9.17, 15) is 0 Å². The fraction of sp³-hybridized carbons (Fsp3) is 0.857. The Morgan fingerprint density at radius 2 is 2.00 bits per heavy atom. The van der Waals surface area contributed by atoms with E-state index in [0.717, 1.165) is 19.6 Å². The van der Waals surface area contributed by atoms with Gasteiger partial charge in [0.2, 0.25) is 0 Å². The molecule has 1 aliphatic heterocycles. The molecule has 1 fully saturated rings. The molecule has 1 saturated heterocycles. The van der Waals surface area contributed by atoms with Crippen molar-refractivity contribution in [2.24, 2.45) is 0 Å². The Morgan fingerprint density at radius 3 is 3.00 bits per heavy atom. The van der Waals surface area contributed by atoms with Crippen LogP contribution in [0, 0.1) is 6.42 Å². The standard InChI is InChI=1S/C7H13O/c1-2-4-6-8-7-5-3-1/h2H,1,3-7H2. The van der Waals surface area contributed by atoms with E-state index >= 15 is 0 Å². The van der Waals surface area contributed by atoms with Crippen LogP contribution in [-0.4, -0.2) is 13.2 Å². The van der Waals surface area contributed by atoms with E-state index in [2.05, 4.69) is 6.42 Å². The van der Waals surface area contributed by atoms with Crippen molar-refractivity contribution in [1.82, 2.24) is 0 Å². The van der Waals surface area contributed by atoms with Gasteiger partial charge in [-0.15, -0.1) is 0 Å². The van der Waals surface area contributed by atoms with Crippen molar-refractivity contribution in [2.45, 2.75) is 25.7 Å². The molecule has 1 radical (unpaired) electrons. The number of hydrogen-bond acceptors (Lipinski definition) is 1. The van der Waals surface area contributed by atoms with Crippen molar-refractivity contribution in [2.75, 3.05) is 13.2 Å². The fourth-order valence-corrected chi connectivity index (χ4v) is 0.906. The third-order valence-electron chi connectivity index (χ3n) is 1.41. The molecule has 0 aromatic carbocycles. The molecule has 8 heavy (non-hydrogen) atoms. The van der Waals surface area contributed by atoms with Crippen molar-refractivity contribution in [1.29, 1.82) is 0 Å². The average Bonchev–Trinajstić information content (AvgIpc) is 1.62. The zero-order valence-corrected chi connectivity index (χ0v) is 5.23. The van der Waals surface area contributed by atoms with Gasteiger partial charge in [0.05, 0.1) is 0 Å². The maximum atomic E-state index is 5.24. The molecule has 0 N–H and O–H groups in total. The third-order valence-corrected chi connectivity index (χ3v) is 1.41. The number of rotatable bonds is 0. The summed E-state index contributed by atoms with van der Waals surface area (Å²) in [6.07, 6.45) is 7.33. The number of ether oxygens (including phenoxy) is 1. The summed E-state index contributed by atoms with van der Waals surface area (Å²) in [5, 5.41) is 0. The largest absolute Gasteiger partial charge is 0.381 e. The normalized spacial score (nSPS) is 24.0. The molecule has 0 amide bonds. The topological polar surface area (TPSA) is 9.23 Å². The molecule has 1 heteroatoms. The summed E-state index contributed by atoms with van der Waals surface area (Å²) in [6, 6.07) is 0. The molecule has 1 aliphatic rings. The van der Waals surface area contributed by atoms with Crippen LogP contribution in [0.1, 0.15) is 25.7 Å². The van der Waals surface area contributed by atoms with Crippen LogP contribution in [-0.2, 0) is 4.74 Å². The van der Waals surface area contributed by atoms with Crippen molar-refractivity contribution in [3.63, 3.8) is 0 Å². The van der Waals surface area contributed by atoms with Gasteiger partial charge in [0.1, 0.15) is 0 Å². The van der Waals surface area contributed by atoms with E-state index in [1.807, 2.05) is 0 Å². The summed E-state index contributed by atoms with van der Waals surface area (Å²) in [5.41, 5.74) is 0. The second-order valence-corrected chi connectivity index (χ2v) is 2.19. The van der Waals surface area contributed by atoms with E-state index in [1.165, 1.54) is 19.3 Å². The van der Waals surface area contributed by atoms with E-state index in [-0.39, 0.29) is 0 Å². The Balaban J connectivity index is 2.00. The Hall–Kier alpha value is -0.0400. The molecular weight excluding hydrogens is 100 g/mol. The van der Waals surface area contributed by atoms with E-state index in [0.29, 0.717) is 0 Å². The summed E-state index contributed by atoms with van der Waals surface area (Å²) in [5.74, 6) is 0. The lowest BCUT2D eigenvalue weighted by atomic mass is 10.1. The van der Waals surface area contributed by atoms with Gasteiger partial charge in [0.15, 0.2) is 0 Å². The van der Waals surface area contributed by atoms with Crippen LogP contribution in [0.25, 0.3) is 0 Å². The highest BCUT2D eigenvalue weighted by atomic mass is 16.5. The Morgan fingerprint density at radius 1 is 1.00 bits per heavy atom. The summed E-state index contributed by atoms with van der Waals surface area (Å²) < 4.78 is 5.24. The Labute approximate surface area is 51.0 Å². The minimum atomic E-state index is 0.944. The van der Waals surface area contributed by atoms with Crippen LogP contribution >= 0.6 is 0 Å². The van der Waals surface area contributed by atoms with Crippen LogP contribution in [0.4, 0.5) is 0 Å². The van der Waals surface area contributed by atoms with Crippen molar-refractivity contribution in [3.8, 4) is 0 Å². The molecule has 0 atom stereocenters. The van der Waals surface area contributed by atoms with Gasteiger partial charge in [-0.2, -0.15) is 0 Å². The zero-order valence-electron chi connectivity index (χ0n) is 5.23. The maximum absolute atomic E-state index is 5.24. The van der Waals surface area contributed by atoms with Gasteiger partial charge in [0, 0.05) is 13.2 Å². The highest BCUT2D eigenvalue weighted by Gasteiger charge is 1.95. The first kappa shape index (κ1) is 6.09. The molecule has 1 rings (SSSR count). The zero-order chi connectivity index (χ0) is 5.66. The fourth-order valence-electron chi connectivity index (χ4n) is 0.906. The number of hydrogen-bond donors (Lipinski definition) is 0. The van der Waals surface area contributed by atoms with Crippen LogP contribution < -0.4 is 0 Å². The lowest BCUT2D eigenvalue weighted by molar-refractivity contribution is 0.126. The second kappa shape index (κ2) is 3.90. The van der Waals surface area contributed by atoms with Crippen LogP contribution in [0.2, 0.25) is 0 Å². The van der Waals surface area contributed by atoms with E-state index in [1.54, 1.807) is 0 Å². The van der Waals surface area contributed by atoms with Crippen LogP contribution in [0.15, 0.2) is 0 Å². The predicted octanol–water partition coefficient (Wildman–Crippen LogP) is 1.78. The smallest absolute Gasteiger partial charge is 0.0468 e. The molecule has 0 aliphatic carbocycles. The molecule has 0 spiro atoms. The van der Waals surface area contributed by atoms with Crippen molar-refractivity contribution >= 4 is 0 Å². The van der Waals surface area contributed by atoms with Gasteiger partial charge in [-0.25, -0.2) is 0 Å². The lowest BCUT2D eigenvalue weighted by Gasteiger charge is -2.07. The summed E-state index contributed by atoms with van der Waals surface area (Å²) in [4.78, 5) is 0. The van der Waals surface area contributed by atoms with Gasteiger partial charge in [-0.3, -0.25) is 0 Å². The van der Waals surface area contributed by atoms with Crippen molar-refractivity contribution < 1.29 is 4.74 Å². The maximum Gasteiger partial charge on any atom is 0.0468 e. The molecule has 1 nitrogen and oxygen atoms in total. The highest BCUT2D eigenvalue weighted by molar-refractivity contribution is 4.65. The molecule has 0 unspecified atom stereocenters. The van der Waals surface area contributed by atoms with E-state index in [4.69, 9.17) is 4.74 Å². The molecule has 1 heterocycles. The molecule has 0 aromatic rings. The SMILES string of the molecule is [CH]1CCCCOCC1. The molecule has 47 valence electrons.